The van der Waals surface area contributed by atoms with Crippen molar-refractivity contribution in [3.8, 4) is 11.5 Å². The van der Waals surface area contributed by atoms with Crippen molar-refractivity contribution in [3.63, 3.8) is 0 Å². The molecule has 0 aliphatic heterocycles. The second-order valence-electron chi connectivity index (χ2n) is 6.36. The molecule has 136 valence electrons. The summed E-state index contributed by atoms with van der Waals surface area (Å²) in [5, 5.41) is 3.96. The number of benzene rings is 2. The van der Waals surface area contributed by atoms with Crippen LogP contribution in [-0.4, -0.2) is 39.2 Å². The molecule has 0 aliphatic rings. The maximum atomic E-state index is 6.43. The molecule has 0 radical (unpaired) electrons. The van der Waals surface area contributed by atoms with Gasteiger partial charge in [-0.15, -0.1) is 0 Å². The number of methoxy groups -OCH3 is 1. The van der Waals surface area contributed by atoms with E-state index in [9.17, 15) is 0 Å². The van der Waals surface area contributed by atoms with Crippen LogP contribution in [0.5, 0.6) is 11.5 Å². The van der Waals surface area contributed by atoms with Gasteiger partial charge in [0.2, 0.25) is 0 Å². The molecule has 0 atom stereocenters. The molecule has 0 heterocycles. The summed E-state index contributed by atoms with van der Waals surface area (Å²) in [6.07, 6.45) is 0. The van der Waals surface area contributed by atoms with E-state index in [2.05, 4.69) is 55.5 Å². The van der Waals surface area contributed by atoms with Crippen molar-refractivity contribution in [2.45, 2.75) is 20.1 Å². The van der Waals surface area contributed by atoms with Crippen LogP contribution in [0.3, 0.4) is 0 Å². The Hall–Kier alpha value is -1.75. The maximum Gasteiger partial charge on any atom is 0.180 e. The zero-order valence-electron chi connectivity index (χ0n) is 15.4. The SMILES string of the molecule is COc1cc(CNCCN(C)C)cc(Cl)c1OCc1ccc(C)cc1. The molecule has 2 rings (SSSR count). The molecule has 1 N–H and O–H groups in total. The highest BCUT2D eigenvalue weighted by Gasteiger charge is 2.12. The van der Waals surface area contributed by atoms with Crippen molar-refractivity contribution < 1.29 is 9.47 Å². The van der Waals surface area contributed by atoms with Gasteiger partial charge in [-0.3, -0.25) is 0 Å². The summed E-state index contributed by atoms with van der Waals surface area (Å²) in [7, 11) is 5.75. The van der Waals surface area contributed by atoms with Crippen LogP contribution in [0.4, 0.5) is 0 Å². The number of nitrogens with zero attached hydrogens (tertiary/aromatic N) is 1. The van der Waals surface area contributed by atoms with Crippen LogP contribution in [0.15, 0.2) is 36.4 Å². The van der Waals surface area contributed by atoms with Crippen LogP contribution in [0.1, 0.15) is 16.7 Å². The predicted molar refractivity (Wildman–Crippen MR) is 104 cm³/mol. The summed E-state index contributed by atoms with van der Waals surface area (Å²) in [6.45, 7) is 5.16. The monoisotopic (exact) mass is 362 g/mol. The van der Waals surface area contributed by atoms with E-state index < -0.39 is 0 Å². The Kier molecular flexibility index (Phi) is 7.56. The Morgan fingerprint density at radius 2 is 1.80 bits per heavy atom. The first-order chi connectivity index (χ1) is 12.0. The standard InChI is InChI=1S/C20H27ClN2O2/c1-15-5-7-16(8-6-15)14-25-20-18(21)11-17(12-19(20)24-4)13-22-9-10-23(2)3/h5-8,11-12,22H,9-10,13-14H2,1-4H3. The fraction of sp³-hybridized carbons (Fsp3) is 0.400. The number of hydrogen-bond donors (Lipinski definition) is 1. The molecule has 0 saturated carbocycles. The smallest absolute Gasteiger partial charge is 0.180 e. The van der Waals surface area contributed by atoms with Crippen LogP contribution in [0.25, 0.3) is 0 Å². The van der Waals surface area contributed by atoms with E-state index in [4.69, 9.17) is 21.1 Å². The molecule has 0 aliphatic carbocycles. The number of halogens is 1. The van der Waals surface area contributed by atoms with E-state index in [1.165, 1.54) is 5.56 Å². The lowest BCUT2D eigenvalue weighted by atomic mass is 10.1. The zero-order chi connectivity index (χ0) is 18.2. The van der Waals surface area contributed by atoms with E-state index >= 15 is 0 Å². The fourth-order valence-electron chi connectivity index (χ4n) is 2.39. The Morgan fingerprint density at radius 1 is 1.08 bits per heavy atom. The van der Waals surface area contributed by atoms with Crippen LogP contribution < -0.4 is 14.8 Å². The lowest BCUT2D eigenvalue weighted by Gasteiger charge is -2.15. The van der Waals surface area contributed by atoms with Gasteiger partial charge in [0.1, 0.15) is 6.61 Å². The number of aryl methyl sites for hydroxylation is 1. The molecule has 5 heteroatoms. The Bertz CT molecular complexity index is 672. The Labute approximate surface area is 155 Å². The van der Waals surface area contributed by atoms with Crippen molar-refractivity contribution in [3.05, 3.63) is 58.1 Å². The summed E-state index contributed by atoms with van der Waals surface area (Å²) in [6, 6.07) is 12.1. The first-order valence-electron chi connectivity index (χ1n) is 8.40. The molecule has 0 bridgehead atoms. The molecule has 0 fully saturated rings. The molecule has 25 heavy (non-hydrogen) atoms. The van der Waals surface area contributed by atoms with E-state index in [0.717, 1.165) is 30.8 Å². The lowest BCUT2D eigenvalue weighted by Crippen LogP contribution is -2.26. The topological polar surface area (TPSA) is 33.7 Å². The second-order valence-corrected chi connectivity index (χ2v) is 6.77. The maximum absolute atomic E-state index is 6.43. The third kappa shape index (κ3) is 6.24. The molecule has 0 saturated heterocycles. The minimum absolute atomic E-state index is 0.455. The van der Waals surface area contributed by atoms with Gasteiger partial charge in [-0.05, 0) is 44.3 Å². The van der Waals surface area contributed by atoms with E-state index in [1.807, 2.05) is 12.1 Å². The molecule has 0 unspecified atom stereocenters. The average Bonchev–Trinajstić information content (AvgIpc) is 2.58. The van der Waals surface area contributed by atoms with Gasteiger partial charge in [0.25, 0.3) is 0 Å². The number of rotatable bonds is 9. The van der Waals surface area contributed by atoms with Crippen LogP contribution >= 0.6 is 11.6 Å². The summed E-state index contributed by atoms with van der Waals surface area (Å²) in [5.74, 6) is 1.24. The third-order valence-corrected chi connectivity index (χ3v) is 4.14. The minimum atomic E-state index is 0.455. The largest absolute Gasteiger partial charge is 0.493 e. The average molecular weight is 363 g/mol. The van der Waals surface area contributed by atoms with Gasteiger partial charge >= 0.3 is 0 Å². The molecular weight excluding hydrogens is 336 g/mol. The van der Waals surface area contributed by atoms with Gasteiger partial charge in [-0.2, -0.15) is 0 Å². The molecule has 0 spiro atoms. The second kappa shape index (κ2) is 9.66. The minimum Gasteiger partial charge on any atom is -0.493 e. The molecule has 2 aromatic rings. The van der Waals surface area contributed by atoms with Crippen molar-refractivity contribution in [1.82, 2.24) is 10.2 Å². The van der Waals surface area contributed by atoms with Gasteiger partial charge in [0.15, 0.2) is 11.5 Å². The number of hydrogen-bond acceptors (Lipinski definition) is 4. The number of likely N-dealkylation sites (N-methyl/N-ethyl adjacent to an activating group) is 1. The zero-order valence-corrected chi connectivity index (χ0v) is 16.2. The van der Waals surface area contributed by atoms with Crippen LogP contribution in [-0.2, 0) is 13.2 Å². The first kappa shape index (κ1) is 19.6. The highest BCUT2D eigenvalue weighted by Crippen LogP contribution is 2.37. The van der Waals surface area contributed by atoms with Crippen molar-refractivity contribution in [2.75, 3.05) is 34.3 Å². The van der Waals surface area contributed by atoms with Gasteiger partial charge in [0, 0.05) is 19.6 Å². The quantitative estimate of drug-likeness (QED) is 0.686. The van der Waals surface area contributed by atoms with Crippen LogP contribution in [0, 0.1) is 6.92 Å². The molecule has 4 nitrogen and oxygen atoms in total. The summed E-state index contributed by atoms with van der Waals surface area (Å²) in [4.78, 5) is 2.14. The summed E-state index contributed by atoms with van der Waals surface area (Å²) in [5.41, 5.74) is 3.40. The third-order valence-electron chi connectivity index (χ3n) is 3.86. The van der Waals surface area contributed by atoms with Gasteiger partial charge in [-0.25, -0.2) is 0 Å². The van der Waals surface area contributed by atoms with Crippen molar-refractivity contribution >= 4 is 11.6 Å². The van der Waals surface area contributed by atoms with E-state index in [-0.39, 0.29) is 0 Å². The first-order valence-corrected chi connectivity index (χ1v) is 8.77. The molecular formula is C20H27ClN2O2. The number of ether oxygens (including phenoxy) is 2. The van der Waals surface area contributed by atoms with E-state index in [0.29, 0.717) is 23.1 Å². The van der Waals surface area contributed by atoms with E-state index in [1.54, 1.807) is 7.11 Å². The lowest BCUT2D eigenvalue weighted by molar-refractivity contribution is 0.284. The summed E-state index contributed by atoms with van der Waals surface area (Å²) < 4.78 is 11.4. The Morgan fingerprint density at radius 3 is 2.44 bits per heavy atom. The van der Waals surface area contributed by atoms with Crippen molar-refractivity contribution in [2.24, 2.45) is 0 Å². The molecule has 2 aromatic carbocycles. The van der Waals surface area contributed by atoms with Gasteiger partial charge in [0.05, 0.1) is 12.1 Å². The molecule has 0 amide bonds. The Balaban J connectivity index is 2.01. The highest BCUT2D eigenvalue weighted by atomic mass is 35.5. The normalized spacial score (nSPS) is 11.0. The highest BCUT2D eigenvalue weighted by molar-refractivity contribution is 6.32. The van der Waals surface area contributed by atoms with Gasteiger partial charge in [-0.1, -0.05) is 41.4 Å². The number of nitrogens with one attached hydrogen (secondary N) is 1. The fourth-order valence-corrected chi connectivity index (χ4v) is 2.68. The summed E-state index contributed by atoms with van der Waals surface area (Å²) >= 11 is 6.43. The van der Waals surface area contributed by atoms with Crippen molar-refractivity contribution in [1.29, 1.82) is 0 Å². The molecule has 0 aromatic heterocycles. The predicted octanol–water partition coefficient (Wildman–Crippen LogP) is 3.89. The van der Waals surface area contributed by atoms with Crippen LogP contribution in [0.2, 0.25) is 5.02 Å². The van der Waals surface area contributed by atoms with Gasteiger partial charge < -0.3 is 19.7 Å².